The molecule has 3 rings (SSSR count). The summed E-state index contributed by atoms with van der Waals surface area (Å²) in [6.45, 7) is -0.523. The van der Waals surface area contributed by atoms with E-state index in [0.717, 1.165) is 11.1 Å². The van der Waals surface area contributed by atoms with Crippen LogP contribution in [0, 0.1) is 16.0 Å². The summed E-state index contributed by atoms with van der Waals surface area (Å²) in [7, 11) is 0. The molecule has 0 amide bonds. The maximum absolute atomic E-state index is 13.2. The quantitative estimate of drug-likeness (QED) is 0.193. The number of benzene rings is 3. The van der Waals surface area contributed by atoms with Crippen molar-refractivity contribution in [3.8, 4) is 0 Å². The molecule has 0 fully saturated rings. The van der Waals surface area contributed by atoms with Gasteiger partial charge >= 0.3 is 0 Å². The van der Waals surface area contributed by atoms with Gasteiger partial charge in [0.25, 0.3) is 0 Å². The first-order chi connectivity index (χ1) is 15.5. The lowest BCUT2D eigenvalue weighted by molar-refractivity contribution is -0.484. The Bertz CT molecular complexity index is 1040. The van der Waals surface area contributed by atoms with Gasteiger partial charge in [0.15, 0.2) is 11.6 Å². The minimum atomic E-state index is -1.21. The van der Waals surface area contributed by atoms with Gasteiger partial charge in [-0.15, -0.1) is 0 Å². The Hall–Kier alpha value is -4.12. The molecule has 3 aromatic rings. The molecule has 1 atom stereocenters. The third-order valence-electron chi connectivity index (χ3n) is 5.07. The van der Waals surface area contributed by atoms with Crippen molar-refractivity contribution in [1.82, 2.24) is 0 Å². The number of ketones is 2. The highest BCUT2D eigenvalue weighted by Gasteiger charge is 2.36. The summed E-state index contributed by atoms with van der Waals surface area (Å²) < 4.78 is 0. The first-order valence-corrected chi connectivity index (χ1v) is 10.3. The second-order valence-electron chi connectivity index (χ2n) is 7.30. The lowest BCUT2D eigenvalue weighted by atomic mass is 9.80. The summed E-state index contributed by atoms with van der Waals surface area (Å²) in [5, 5.41) is 11.4. The van der Waals surface area contributed by atoms with Crippen LogP contribution in [0.1, 0.15) is 22.6 Å². The number of nitrogens with zero attached hydrogens (tertiary/aromatic N) is 1. The summed E-state index contributed by atoms with van der Waals surface area (Å²) >= 11 is 0. The topological polar surface area (TPSA) is 77.3 Å². The van der Waals surface area contributed by atoms with E-state index in [1.165, 1.54) is 12.2 Å². The van der Waals surface area contributed by atoms with E-state index in [-0.39, 0.29) is 0 Å². The molecule has 0 aliphatic rings. The lowest BCUT2D eigenvalue weighted by Crippen LogP contribution is -2.32. The van der Waals surface area contributed by atoms with Gasteiger partial charge in [-0.3, -0.25) is 19.7 Å². The van der Waals surface area contributed by atoms with Gasteiger partial charge in [0.2, 0.25) is 6.54 Å². The fourth-order valence-corrected chi connectivity index (χ4v) is 3.49. The van der Waals surface area contributed by atoms with Crippen LogP contribution >= 0.6 is 0 Å². The van der Waals surface area contributed by atoms with Gasteiger partial charge in [0, 0.05) is 4.92 Å². The molecule has 32 heavy (non-hydrogen) atoms. The molecule has 0 radical (unpaired) electrons. The van der Waals surface area contributed by atoms with E-state index >= 15 is 0 Å². The van der Waals surface area contributed by atoms with Gasteiger partial charge < -0.3 is 0 Å². The van der Waals surface area contributed by atoms with Crippen LogP contribution in [0.15, 0.2) is 103 Å². The highest BCUT2D eigenvalue weighted by molar-refractivity contribution is 6.14. The van der Waals surface area contributed by atoms with Crippen molar-refractivity contribution in [1.29, 1.82) is 0 Å². The van der Waals surface area contributed by atoms with E-state index in [1.54, 1.807) is 42.5 Å². The predicted molar refractivity (Wildman–Crippen MR) is 126 cm³/mol. The SMILES string of the molecule is O=C(/C=C/c1ccccc1)C(C(=O)/C=C/c1ccccc1)[C@@H](C[N+](=O)[O-])c1ccccc1. The van der Waals surface area contributed by atoms with Gasteiger partial charge in [-0.1, -0.05) is 103 Å². The van der Waals surface area contributed by atoms with Gasteiger partial charge in [-0.05, 0) is 28.8 Å². The number of rotatable bonds is 10. The molecule has 5 nitrogen and oxygen atoms in total. The van der Waals surface area contributed by atoms with Crippen LogP contribution in [-0.2, 0) is 9.59 Å². The van der Waals surface area contributed by atoms with Crippen molar-refractivity contribution in [3.05, 3.63) is 130 Å². The molecule has 160 valence electrons. The van der Waals surface area contributed by atoms with Crippen molar-refractivity contribution in [2.45, 2.75) is 5.92 Å². The first-order valence-electron chi connectivity index (χ1n) is 10.3. The zero-order chi connectivity index (χ0) is 22.8. The molecule has 0 aromatic heterocycles. The normalized spacial score (nSPS) is 12.3. The lowest BCUT2D eigenvalue weighted by Gasteiger charge is -2.20. The van der Waals surface area contributed by atoms with Crippen LogP contribution in [0.3, 0.4) is 0 Å². The van der Waals surface area contributed by atoms with Gasteiger partial charge in [0.1, 0.15) is 0 Å². The van der Waals surface area contributed by atoms with Crippen LogP contribution in [0.2, 0.25) is 0 Å². The minimum Gasteiger partial charge on any atom is -0.294 e. The Kier molecular flexibility index (Phi) is 7.98. The number of carbonyl (C=O) groups is 2. The first kappa shape index (κ1) is 22.6. The van der Waals surface area contributed by atoms with Gasteiger partial charge in [-0.25, -0.2) is 0 Å². The second kappa shape index (κ2) is 11.3. The Morgan fingerprint density at radius 1 is 0.719 bits per heavy atom. The van der Waals surface area contributed by atoms with E-state index < -0.39 is 34.9 Å². The van der Waals surface area contributed by atoms with Crippen molar-refractivity contribution in [2.24, 2.45) is 5.92 Å². The van der Waals surface area contributed by atoms with Crippen LogP contribution in [0.25, 0.3) is 12.2 Å². The molecule has 0 heterocycles. The predicted octanol–water partition coefficient (Wildman–Crippen LogP) is 5.23. The highest BCUT2D eigenvalue weighted by Crippen LogP contribution is 2.28. The van der Waals surface area contributed by atoms with Crippen LogP contribution in [0.5, 0.6) is 0 Å². The van der Waals surface area contributed by atoms with Crippen LogP contribution in [-0.4, -0.2) is 23.0 Å². The summed E-state index contributed by atoms with van der Waals surface area (Å²) in [6.07, 6.45) is 5.92. The summed E-state index contributed by atoms with van der Waals surface area (Å²) in [5.74, 6) is -3.02. The number of hydrogen-bond donors (Lipinski definition) is 0. The van der Waals surface area contributed by atoms with Crippen molar-refractivity contribution >= 4 is 23.7 Å². The molecule has 0 aliphatic heterocycles. The zero-order valence-electron chi connectivity index (χ0n) is 17.4. The summed E-state index contributed by atoms with van der Waals surface area (Å²) in [5.41, 5.74) is 2.19. The van der Waals surface area contributed by atoms with E-state index in [0.29, 0.717) is 5.56 Å². The summed E-state index contributed by atoms with van der Waals surface area (Å²) in [6, 6.07) is 27.1. The number of carbonyl (C=O) groups excluding carboxylic acids is 2. The maximum atomic E-state index is 13.2. The van der Waals surface area contributed by atoms with Gasteiger partial charge in [-0.2, -0.15) is 0 Å². The Balaban J connectivity index is 1.97. The third kappa shape index (κ3) is 6.44. The minimum absolute atomic E-state index is 0.465. The molecular weight excluding hydrogens is 402 g/mol. The van der Waals surface area contributed by atoms with Gasteiger partial charge in [0.05, 0.1) is 11.8 Å². The van der Waals surface area contributed by atoms with E-state index in [4.69, 9.17) is 0 Å². The molecule has 0 aliphatic carbocycles. The number of hydrogen-bond acceptors (Lipinski definition) is 4. The van der Waals surface area contributed by atoms with Crippen molar-refractivity contribution in [2.75, 3.05) is 6.54 Å². The fraction of sp³-hybridized carbons (Fsp3) is 0.111. The largest absolute Gasteiger partial charge is 0.294 e. The monoisotopic (exact) mass is 425 g/mol. The van der Waals surface area contributed by atoms with E-state index in [9.17, 15) is 19.7 Å². The van der Waals surface area contributed by atoms with Crippen molar-refractivity contribution < 1.29 is 14.5 Å². The molecule has 0 spiro atoms. The Morgan fingerprint density at radius 2 is 1.12 bits per heavy atom. The standard InChI is InChI=1S/C27H23NO4/c29-25(18-16-21-10-4-1-5-11-21)27(26(30)19-17-22-12-6-2-7-13-22)24(20-28(31)32)23-14-8-3-9-15-23/h1-19,24,27H,20H2/b18-16+,19-17+/t24-/m0/s1. The highest BCUT2D eigenvalue weighted by atomic mass is 16.6. The third-order valence-corrected chi connectivity index (χ3v) is 5.07. The fourth-order valence-electron chi connectivity index (χ4n) is 3.49. The van der Waals surface area contributed by atoms with Crippen LogP contribution in [0.4, 0.5) is 0 Å². The molecule has 5 heteroatoms. The summed E-state index contributed by atoms with van der Waals surface area (Å²) in [4.78, 5) is 37.4. The Morgan fingerprint density at radius 3 is 1.53 bits per heavy atom. The Labute approximate surface area is 186 Å². The van der Waals surface area contributed by atoms with E-state index in [2.05, 4.69) is 0 Å². The zero-order valence-corrected chi connectivity index (χ0v) is 17.4. The van der Waals surface area contributed by atoms with Crippen LogP contribution < -0.4 is 0 Å². The molecule has 0 saturated carbocycles. The molecular formula is C27H23NO4. The molecule has 0 saturated heterocycles. The molecule has 3 aromatic carbocycles. The molecule has 0 N–H and O–H groups in total. The maximum Gasteiger partial charge on any atom is 0.211 e. The van der Waals surface area contributed by atoms with E-state index in [1.807, 2.05) is 60.7 Å². The molecule has 0 bridgehead atoms. The average molecular weight is 425 g/mol. The smallest absolute Gasteiger partial charge is 0.211 e. The van der Waals surface area contributed by atoms with Crippen molar-refractivity contribution in [3.63, 3.8) is 0 Å². The molecule has 0 unspecified atom stereocenters. The number of allylic oxidation sites excluding steroid dienone is 2. The average Bonchev–Trinajstić information content (AvgIpc) is 2.82. The second-order valence-corrected chi connectivity index (χ2v) is 7.30. The number of nitro groups is 1.